The fourth-order valence-corrected chi connectivity index (χ4v) is 6.66. The second-order valence-corrected chi connectivity index (χ2v) is 11.3. The van der Waals surface area contributed by atoms with Crippen molar-refractivity contribution in [3.05, 3.63) is 210 Å². The van der Waals surface area contributed by atoms with Crippen LogP contribution in [0.15, 0.2) is 192 Å². The lowest BCUT2D eigenvalue weighted by molar-refractivity contribution is 0.436. The maximum Gasteiger partial charge on any atom is 0.137 e. The van der Waals surface area contributed by atoms with Crippen LogP contribution in [0.2, 0.25) is 0 Å². The summed E-state index contributed by atoms with van der Waals surface area (Å²) in [5.74, 6) is -1.97. The van der Waals surface area contributed by atoms with Crippen LogP contribution in [-0.2, 0) is 5.41 Å². The highest BCUT2D eigenvalue weighted by Gasteiger charge is 2.51. The van der Waals surface area contributed by atoms with Gasteiger partial charge in [0.25, 0.3) is 0 Å². The molecule has 52 heavy (non-hydrogen) atoms. The van der Waals surface area contributed by atoms with Crippen molar-refractivity contribution in [2.24, 2.45) is 0 Å². The van der Waals surface area contributed by atoms with Crippen molar-refractivity contribution in [2.45, 2.75) is 5.41 Å². The molecule has 0 amide bonds. The van der Waals surface area contributed by atoms with E-state index in [1.54, 1.807) is 0 Å². The lowest BCUT2D eigenvalue weighted by Crippen LogP contribution is -2.32. The van der Waals surface area contributed by atoms with Gasteiger partial charge in [-0.3, -0.25) is 0 Å². The van der Waals surface area contributed by atoms with Crippen molar-refractivity contribution in [3.63, 3.8) is 0 Å². The third-order valence-electron chi connectivity index (χ3n) is 8.71. The van der Waals surface area contributed by atoms with E-state index in [4.69, 9.17) is 32.5 Å². The molecule has 11 rings (SSSR count). The van der Waals surface area contributed by atoms with E-state index in [9.17, 15) is 19.2 Å². The summed E-state index contributed by atoms with van der Waals surface area (Å²) in [5.41, 5.74) is -14.9. The van der Waals surface area contributed by atoms with Crippen LogP contribution >= 0.6 is 0 Å². The summed E-state index contributed by atoms with van der Waals surface area (Å²) in [7, 11) is 0. The van der Waals surface area contributed by atoms with Gasteiger partial charge in [0.15, 0.2) is 0 Å². The Labute approximate surface area is 345 Å². The van der Waals surface area contributed by atoms with E-state index in [0.29, 0.717) is 4.90 Å². The maximum absolute atomic E-state index is 10.6. The summed E-state index contributed by atoms with van der Waals surface area (Å²) in [6.07, 6.45) is 0. The summed E-state index contributed by atoms with van der Waals surface area (Å²) < 4.78 is 297. The van der Waals surface area contributed by atoms with Crippen LogP contribution in [0.4, 0.5) is 17.1 Å². The van der Waals surface area contributed by atoms with E-state index in [-0.39, 0.29) is 0 Å². The van der Waals surface area contributed by atoms with Crippen LogP contribution in [0.3, 0.4) is 0 Å². The first-order chi connectivity index (χ1) is 38.7. The molecule has 0 radical (unpaired) electrons. The molecule has 1 aromatic heterocycles. The Morgan fingerprint density at radius 3 is 1.83 bits per heavy atom. The van der Waals surface area contributed by atoms with Crippen molar-refractivity contribution in [2.75, 3.05) is 4.90 Å². The van der Waals surface area contributed by atoms with Gasteiger partial charge in [-0.1, -0.05) is 133 Å². The Kier molecular flexibility index (Phi) is 2.53. The molecule has 0 atom stereocenters. The minimum Gasteiger partial charge on any atom is -0.457 e. The summed E-state index contributed by atoms with van der Waals surface area (Å²) in [5, 5.41) is -1.45. The molecule has 0 saturated heterocycles. The lowest BCUT2D eigenvalue weighted by atomic mass is 9.66. The van der Waals surface area contributed by atoms with E-state index in [2.05, 4.69) is 0 Å². The molecule has 244 valence electrons. The third kappa shape index (κ3) is 4.02. The first kappa shape index (κ1) is 11.9. The Hall–Kier alpha value is -6.84. The Bertz CT molecular complexity index is 4500. The van der Waals surface area contributed by atoms with Gasteiger partial charge in [-0.2, -0.15) is 0 Å². The van der Waals surface area contributed by atoms with Gasteiger partial charge < -0.3 is 14.1 Å². The third-order valence-corrected chi connectivity index (χ3v) is 8.71. The van der Waals surface area contributed by atoms with Crippen LogP contribution in [0.25, 0.3) is 44.2 Å². The minimum atomic E-state index is -3.15. The maximum atomic E-state index is 10.6. The quantitative estimate of drug-likeness (QED) is 0.183. The Morgan fingerprint density at radius 1 is 0.442 bits per heavy atom. The van der Waals surface area contributed by atoms with Gasteiger partial charge in [0.1, 0.15) is 22.7 Å². The van der Waals surface area contributed by atoms with Crippen molar-refractivity contribution >= 4 is 39.0 Å². The first-order valence-corrected chi connectivity index (χ1v) is 15.2. The molecule has 3 heteroatoms. The largest absolute Gasteiger partial charge is 0.457 e. The van der Waals surface area contributed by atoms with Crippen molar-refractivity contribution in [1.82, 2.24) is 0 Å². The molecule has 9 aromatic rings. The zero-order chi connectivity index (χ0) is 61.2. The summed E-state index contributed by atoms with van der Waals surface area (Å²) >= 11 is 0. The van der Waals surface area contributed by atoms with Gasteiger partial charge in [0, 0.05) is 27.9 Å². The van der Waals surface area contributed by atoms with Gasteiger partial charge >= 0.3 is 0 Å². The lowest BCUT2D eigenvalue weighted by Gasteiger charge is -2.40. The van der Waals surface area contributed by atoms with E-state index in [1.165, 1.54) is 0 Å². The normalized spacial score (nSPS) is 21.7. The molecule has 2 heterocycles. The molecule has 2 aliphatic rings. The number of hydrogen-bond acceptors (Lipinski definition) is 3. The number of furan rings is 1. The Balaban J connectivity index is 1.45. The average Bonchev–Trinajstić information content (AvgIpc) is 1.65. The molecule has 0 N–H and O–H groups in total. The van der Waals surface area contributed by atoms with E-state index >= 15 is 0 Å². The Morgan fingerprint density at radius 2 is 1.04 bits per heavy atom. The van der Waals surface area contributed by atoms with Crippen molar-refractivity contribution in [1.29, 1.82) is 0 Å². The van der Waals surface area contributed by atoms with Gasteiger partial charge in [0.2, 0.25) is 0 Å². The van der Waals surface area contributed by atoms with Crippen LogP contribution < -0.4 is 9.64 Å². The van der Waals surface area contributed by atoms with Gasteiger partial charge in [0.05, 0.1) is 59.0 Å². The molecular weight excluding hydrogens is 635 g/mol. The summed E-state index contributed by atoms with van der Waals surface area (Å²) in [6.45, 7) is 0. The standard InChI is InChI=1S/C49H31NO2/c1-2-13-32(14-3-1)33-25-27-34(28-26-33)50(43-21-12-24-47-48(43)38-17-6-10-22-44(38)51-47)35-29-30-46-42(31-35)49(41-20-9-11-23-45(41)52-46)39-18-7-4-15-36(39)37-16-5-8-19-40(37)49/h1-31H/i1D,2D,3D,4D,5D,6D,7D,8D,9D,10D,11D,12D,13D,14D,15D,16D,17D,18D,19D,20D,21D,22D,23D,24D,25D,26D,27D,28D,29D,30D,31D. The van der Waals surface area contributed by atoms with Crippen molar-refractivity contribution < 1.29 is 51.6 Å². The molecule has 1 spiro atoms. The van der Waals surface area contributed by atoms with E-state index in [0.717, 1.165) is 0 Å². The number of anilines is 3. The number of benzene rings is 8. The van der Waals surface area contributed by atoms with E-state index in [1.807, 2.05) is 0 Å². The fourth-order valence-electron chi connectivity index (χ4n) is 6.66. The SMILES string of the molecule is [2H]c1c([2H])c([2H])c(-c2c([2H])c([2H])c(N(c3c([2H])c([2H])c4c(c3[2H])C3(c5c([2H])c([2H])c([2H])c([2H])c5O4)c4c([2H])c([2H])c([2H])c([2H])c4-c4c([2H])c([2H])c([2H])c([2H])c43)c3c([2H])c([2H])c([2H])c4oc5c([2H])c([2H])c([2H])c([2H])c5c34)c([2H])c2[2H])c([2H])c1[2H]. The number of rotatable bonds is 4. The number of para-hydroxylation sites is 2. The second-order valence-electron chi connectivity index (χ2n) is 11.3. The first-order valence-electron chi connectivity index (χ1n) is 30.7. The number of fused-ring (bicyclic) bond motifs is 12. The zero-order valence-electron chi connectivity index (χ0n) is 56.8. The molecule has 3 nitrogen and oxygen atoms in total. The monoisotopic (exact) mass is 696 g/mol. The second kappa shape index (κ2) is 11.1. The van der Waals surface area contributed by atoms with Crippen LogP contribution in [0, 0.1) is 0 Å². The van der Waals surface area contributed by atoms with Gasteiger partial charge in [-0.25, -0.2) is 0 Å². The smallest absolute Gasteiger partial charge is 0.137 e. The minimum absolute atomic E-state index is 0.384. The van der Waals surface area contributed by atoms with Crippen LogP contribution in [0.1, 0.15) is 64.7 Å². The van der Waals surface area contributed by atoms with Crippen LogP contribution in [0.5, 0.6) is 11.5 Å². The predicted octanol–water partition coefficient (Wildman–Crippen LogP) is 13.2. The molecule has 8 aromatic carbocycles. The molecule has 0 saturated carbocycles. The molecule has 1 aliphatic carbocycles. The van der Waals surface area contributed by atoms with Crippen molar-refractivity contribution in [3.8, 4) is 33.8 Å². The zero-order valence-corrected chi connectivity index (χ0v) is 25.8. The van der Waals surface area contributed by atoms with E-state index < -0.39 is 288 Å². The number of hydrogen-bond donors (Lipinski definition) is 0. The predicted molar refractivity (Wildman–Crippen MR) is 211 cm³/mol. The highest BCUT2D eigenvalue weighted by molar-refractivity contribution is 6.13. The molecule has 0 bridgehead atoms. The number of ether oxygens (including phenoxy) is 1. The highest BCUT2D eigenvalue weighted by Crippen LogP contribution is 2.62. The topological polar surface area (TPSA) is 25.6 Å². The summed E-state index contributed by atoms with van der Waals surface area (Å²) in [6, 6.07) is -33.3. The fraction of sp³-hybridized carbons (Fsp3) is 0.0204. The molecule has 0 unspecified atom stereocenters. The highest BCUT2D eigenvalue weighted by atomic mass is 16.5. The van der Waals surface area contributed by atoms with Gasteiger partial charge in [-0.05, 0) is 87.8 Å². The average molecular weight is 697 g/mol. The van der Waals surface area contributed by atoms with Gasteiger partial charge in [-0.15, -0.1) is 0 Å². The molecular formula is C49H31NO2. The van der Waals surface area contributed by atoms with Crippen LogP contribution in [-0.4, -0.2) is 0 Å². The number of nitrogens with zero attached hydrogens (tertiary/aromatic N) is 1. The molecule has 0 fully saturated rings. The molecule has 1 aliphatic heterocycles. The summed E-state index contributed by atoms with van der Waals surface area (Å²) in [4.78, 5) is 0.384.